The third kappa shape index (κ3) is 3.68. The van der Waals surface area contributed by atoms with Crippen LogP contribution in [0.15, 0.2) is 20.6 Å². The van der Waals surface area contributed by atoms with E-state index in [0.717, 1.165) is 26.2 Å². The van der Waals surface area contributed by atoms with E-state index in [9.17, 15) is 0 Å². The Morgan fingerprint density at radius 2 is 2.00 bits per heavy atom. The van der Waals surface area contributed by atoms with Gasteiger partial charge in [0.25, 0.3) is 0 Å². The molecular formula is C11H19N7O. The van der Waals surface area contributed by atoms with E-state index in [1.165, 1.54) is 0 Å². The number of aromatic nitrogens is 1. The van der Waals surface area contributed by atoms with Crippen molar-refractivity contribution < 1.29 is 4.52 Å². The van der Waals surface area contributed by atoms with Gasteiger partial charge in [-0.15, -0.1) is 0 Å². The number of rotatable bonds is 1. The maximum Gasteiger partial charge on any atom is 0.225 e. The van der Waals surface area contributed by atoms with E-state index >= 15 is 0 Å². The molecule has 2 rings (SSSR count). The van der Waals surface area contributed by atoms with Crippen molar-refractivity contribution in [2.75, 3.05) is 33.2 Å². The van der Waals surface area contributed by atoms with Crippen LogP contribution in [0.2, 0.25) is 0 Å². The Bertz CT molecular complexity index is 485. The van der Waals surface area contributed by atoms with Gasteiger partial charge in [0.2, 0.25) is 5.96 Å². The first-order valence-corrected chi connectivity index (χ1v) is 6.10. The molecule has 1 fully saturated rings. The lowest BCUT2D eigenvalue weighted by Crippen LogP contribution is -2.50. The second kappa shape index (κ2) is 5.70. The van der Waals surface area contributed by atoms with Crippen molar-refractivity contribution in [2.24, 2.45) is 21.5 Å². The van der Waals surface area contributed by atoms with Gasteiger partial charge in [0, 0.05) is 32.2 Å². The fraction of sp³-hybridized carbons (Fsp3) is 0.545. The van der Waals surface area contributed by atoms with E-state index in [4.69, 9.17) is 16.0 Å². The summed E-state index contributed by atoms with van der Waals surface area (Å²) in [6.45, 7) is 5.36. The molecule has 8 nitrogen and oxygen atoms in total. The molecule has 0 unspecified atom stereocenters. The van der Waals surface area contributed by atoms with Crippen molar-refractivity contribution in [1.82, 2.24) is 15.0 Å². The summed E-state index contributed by atoms with van der Waals surface area (Å²) in [5.41, 5.74) is 11.6. The highest BCUT2D eigenvalue weighted by Crippen LogP contribution is 2.10. The van der Waals surface area contributed by atoms with Crippen molar-refractivity contribution in [2.45, 2.75) is 6.92 Å². The van der Waals surface area contributed by atoms with E-state index in [1.54, 1.807) is 13.0 Å². The summed E-state index contributed by atoms with van der Waals surface area (Å²) in [6, 6.07) is 1.68. The largest absolute Gasteiger partial charge is 0.369 e. The lowest BCUT2D eigenvalue weighted by molar-refractivity contribution is 0.214. The summed E-state index contributed by atoms with van der Waals surface area (Å²) >= 11 is 0. The fourth-order valence-electron chi connectivity index (χ4n) is 1.77. The van der Waals surface area contributed by atoms with Gasteiger partial charge in [-0.05, 0) is 14.0 Å². The summed E-state index contributed by atoms with van der Waals surface area (Å²) in [6.07, 6.45) is 0. The first-order chi connectivity index (χ1) is 9.04. The van der Waals surface area contributed by atoms with Crippen LogP contribution < -0.4 is 11.5 Å². The zero-order chi connectivity index (χ0) is 13.8. The molecule has 8 heteroatoms. The number of aryl methyl sites for hydroxylation is 1. The van der Waals surface area contributed by atoms with Crippen LogP contribution in [0.5, 0.6) is 0 Å². The molecule has 1 aromatic rings. The number of hydrogen-bond donors (Lipinski definition) is 2. The van der Waals surface area contributed by atoms with Gasteiger partial charge in [-0.25, -0.2) is 0 Å². The van der Waals surface area contributed by atoms with E-state index in [0.29, 0.717) is 17.5 Å². The third-order valence-electron chi connectivity index (χ3n) is 2.90. The summed E-state index contributed by atoms with van der Waals surface area (Å²) in [5, 5.41) is 3.71. The highest BCUT2D eigenvalue weighted by molar-refractivity contribution is 5.94. The number of aliphatic imine (C=N–C) groups is 2. The zero-order valence-corrected chi connectivity index (χ0v) is 11.2. The summed E-state index contributed by atoms with van der Waals surface area (Å²) in [5.74, 6) is 1.52. The SMILES string of the molecule is Cc1cc(N=C(N)/N=C(\N)N2CCN(C)CC2)no1. The van der Waals surface area contributed by atoms with E-state index in [1.807, 2.05) is 4.90 Å². The highest BCUT2D eigenvalue weighted by Gasteiger charge is 2.15. The molecular weight excluding hydrogens is 246 g/mol. The van der Waals surface area contributed by atoms with Crippen LogP contribution in [0.1, 0.15) is 5.76 Å². The van der Waals surface area contributed by atoms with E-state index in [-0.39, 0.29) is 5.96 Å². The van der Waals surface area contributed by atoms with E-state index < -0.39 is 0 Å². The van der Waals surface area contributed by atoms with Crippen LogP contribution in [-0.2, 0) is 0 Å². The molecule has 104 valence electrons. The standard InChI is InChI=1S/C11H19N7O/c1-8-7-9(16-19-8)14-10(12)15-11(13)18-5-3-17(2)4-6-18/h7H,3-6H2,1-2H3,(H4,12,13,14,15,16). The minimum atomic E-state index is 0.0738. The smallest absolute Gasteiger partial charge is 0.225 e. The number of nitrogens with two attached hydrogens (primary N) is 2. The van der Waals surface area contributed by atoms with Gasteiger partial charge in [0.15, 0.2) is 11.8 Å². The van der Waals surface area contributed by atoms with Crippen LogP contribution in [0.25, 0.3) is 0 Å². The number of likely N-dealkylation sites (N-methyl/N-ethyl adjacent to an activating group) is 1. The highest BCUT2D eigenvalue weighted by atomic mass is 16.5. The molecule has 19 heavy (non-hydrogen) atoms. The maximum absolute atomic E-state index is 5.91. The molecule has 4 N–H and O–H groups in total. The molecule has 0 amide bonds. The quantitative estimate of drug-likeness (QED) is 0.523. The van der Waals surface area contributed by atoms with Crippen molar-refractivity contribution >= 4 is 17.7 Å². The first-order valence-electron chi connectivity index (χ1n) is 6.10. The van der Waals surface area contributed by atoms with Gasteiger partial charge in [-0.2, -0.15) is 9.98 Å². The van der Waals surface area contributed by atoms with Gasteiger partial charge < -0.3 is 25.8 Å². The molecule has 0 spiro atoms. The van der Waals surface area contributed by atoms with Crippen molar-refractivity contribution in [3.05, 3.63) is 11.8 Å². The predicted molar refractivity (Wildman–Crippen MR) is 73.2 cm³/mol. The normalized spacial score (nSPS) is 18.9. The molecule has 1 aromatic heterocycles. The van der Waals surface area contributed by atoms with Crippen LogP contribution in [-0.4, -0.2) is 60.1 Å². The average molecular weight is 265 g/mol. The summed E-state index contributed by atoms with van der Waals surface area (Å²) in [7, 11) is 2.08. The second-order valence-corrected chi connectivity index (χ2v) is 4.53. The molecule has 1 saturated heterocycles. The molecule has 2 heterocycles. The van der Waals surface area contributed by atoms with Crippen LogP contribution in [0, 0.1) is 6.92 Å². The Hall–Kier alpha value is -2.09. The lowest BCUT2D eigenvalue weighted by atomic mass is 10.3. The Balaban J connectivity index is 2.01. The monoisotopic (exact) mass is 265 g/mol. The minimum absolute atomic E-state index is 0.0738. The third-order valence-corrected chi connectivity index (χ3v) is 2.90. The Labute approximate surface area is 111 Å². The second-order valence-electron chi connectivity index (χ2n) is 4.53. The zero-order valence-electron chi connectivity index (χ0n) is 11.2. The minimum Gasteiger partial charge on any atom is -0.369 e. The molecule has 1 aliphatic rings. The van der Waals surface area contributed by atoms with Crippen LogP contribution >= 0.6 is 0 Å². The van der Waals surface area contributed by atoms with Crippen molar-refractivity contribution in [3.63, 3.8) is 0 Å². The van der Waals surface area contributed by atoms with Gasteiger partial charge >= 0.3 is 0 Å². The van der Waals surface area contributed by atoms with Crippen molar-refractivity contribution in [3.8, 4) is 0 Å². The number of guanidine groups is 2. The Kier molecular flexibility index (Phi) is 4.00. The molecule has 0 radical (unpaired) electrons. The number of hydrogen-bond acceptors (Lipinski definition) is 4. The van der Waals surface area contributed by atoms with Gasteiger partial charge in [0.1, 0.15) is 5.76 Å². The van der Waals surface area contributed by atoms with Crippen molar-refractivity contribution in [1.29, 1.82) is 0 Å². The summed E-state index contributed by atoms with van der Waals surface area (Å²) in [4.78, 5) is 12.3. The van der Waals surface area contributed by atoms with E-state index in [2.05, 4.69) is 27.1 Å². The van der Waals surface area contributed by atoms with Crippen LogP contribution in [0.3, 0.4) is 0 Å². The first kappa shape index (κ1) is 13.3. The topological polar surface area (TPSA) is 109 Å². The Morgan fingerprint density at radius 1 is 1.32 bits per heavy atom. The maximum atomic E-state index is 5.91. The molecule has 0 saturated carbocycles. The van der Waals surface area contributed by atoms with Crippen LogP contribution in [0.4, 0.5) is 5.82 Å². The van der Waals surface area contributed by atoms with Gasteiger partial charge in [-0.1, -0.05) is 5.16 Å². The predicted octanol–water partition coefficient (Wildman–Crippen LogP) is -0.509. The molecule has 1 aliphatic heterocycles. The van der Waals surface area contributed by atoms with Gasteiger partial charge in [0.05, 0.1) is 0 Å². The van der Waals surface area contributed by atoms with Gasteiger partial charge in [-0.3, -0.25) is 0 Å². The number of piperazine rings is 1. The Morgan fingerprint density at radius 3 is 2.58 bits per heavy atom. The molecule has 0 atom stereocenters. The molecule has 0 bridgehead atoms. The fourth-order valence-corrected chi connectivity index (χ4v) is 1.77. The molecule has 0 aromatic carbocycles. The molecule has 0 aliphatic carbocycles. The summed E-state index contributed by atoms with van der Waals surface area (Å²) < 4.78 is 4.89. The number of nitrogens with zero attached hydrogens (tertiary/aromatic N) is 5. The lowest BCUT2D eigenvalue weighted by Gasteiger charge is -2.32. The average Bonchev–Trinajstić information content (AvgIpc) is 2.75.